The third-order valence-corrected chi connectivity index (χ3v) is 4.56. The number of carbonyl (C=O) groups is 1. The van der Waals surface area contributed by atoms with Crippen molar-refractivity contribution in [1.29, 1.82) is 0 Å². The Morgan fingerprint density at radius 3 is 2.72 bits per heavy atom. The lowest BCUT2D eigenvalue weighted by atomic mass is 9.96. The minimum atomic E-state index is -0.406. The van der Waals surface area contributed by atoms with E-state index >= 15 is 0 Å². The average molecular weight is 343 g/mol. The summed E-state index contributed by atoms with van der Waals surface area (Å²) in [5.41, 5.74) is 1.06. The van der Waals surface area contributed by atoms with Gasteiger partial charge in [-0.25, -0.2) is 14.5 Å². The standard InChI is InChI=1S/C18H25N5O2/c24-12-15(11-14-7-3-1-4-8-14)20-18(25)21-17-19-13-23(22-17)16-9-5-2-6-10-16/h1,3-4,7-8,13,15-16,24H,2,5-6,9-12H2,(H2,20,21,22,25)/t15-/m0/s1. The highest BCUT2D eigenvalue weighted by Gasteiger charge is 2.18. The number of anilines is 1. The average Bonchev–Trinajstić information content (AvgIpc) is 3.11. The van der Waals surface area contributed by atoms with Gasteiger partial charge in [0.25, 0.3) is 0 Å². The molecule has 0 saturated heterocycles. The maximum Gasteiger partial charge on any atom is 0.321 e. The normalized spacial score (nSPS) is 16.4. The summed E-state index contributed by atoms with van der Waals surface area (Å²) in [6, 6.07) is 9.36. The molecule has 7 heteroatoms. The molecule has 1 atom stereocenters. The number of amides is 2. The summed E-state index contributed by atoms with van der Waals surface area (Å²) in [6.45, 7) is -0.133. The number of aromatic nitrogens is 3. The van der Waals surface area contributed by atoms with E-state index in [0.717, 1.165) is 18.4 Å². The van der Waals surface area contributed by atoms with Crippen molar-refractivity contribution >= 4 is 12.0 Å². The first-order valence-corrected chi connectivity index (χ1v) is 8.88. The Bertz CT molecular complexity index is 667. The zero-order valence-electron chi connectivity index (χ0n) is 14.3. The number of carbonyl (C=O) groups excluding carboxylic acids is 1. The second-order valence-electron chi connectivity index (χ2n) is 6.51. The highest BCUT2D eigenvalue weighted by Crippen LogP contribution is 2.27. The Kier molecular flexibility index (Phi) is 6.00. The summed E-state index contributed by atoms with van der Waals surface area (Å²) in [4.78, 5) is 16.3. The van der Waals surface area contributed by atoms with Crippen molar-refractivity contribution in [3.8, 4) is 0 Å². The van der Waals surface area contributed by atoms with Crippen LogP contribution in [0.5, 0.6) is 0 Å². The first-order chi connectivity index (χ1) is 12.2. The quantitative estimate of drug-likeness (QED) is 0.751. The monoisotopic (exact) mass is 343 g/mol. The summed E-state index contributed by atoms with van der Waals surface area (Å²) in [5, 5.41) is 19.3. The molecule has 1 aliphatic carbocycles. The number of nitrogens with zero attached hydrogens (tertiary/aromatic N) is 3. The Labute approximate surface area is 147 Å². The molecule has 1 aromatic heterocycles. The van der Waals surface area contributed by atoms with Crippen LogP contribution in [0.25, 0.3) is 0 Å². The molecular weight excluding hydrogens is 318 g/mol. The number of nitrogens with one attached hydrogen (secondary N) is 2. The molecule has 7 nitrogen and oxygen atoms in total. The van der Waals surface area contributed by atoms with Gasteiger partial charge in [0, 0.05) is 0 Å². The lowest BCUT2D eigenvalue weighted by Gasteiger charge is -2.21. The molecule has 1 aromatic carbocycles. The number of hydrogen-bond donors (Lipinski definition) is 3. The van der Waals surface area contributed by atoms with Gasteiger partial charge < -0.3 is 10.4 Å². The van der Waals surface area contributed by atoms with Crippen LogP contribution >= 0.6 is 0 Å². The van der Waals surface area contributed by atoms with Crippen molar-refractivity contribution in [2.45, 2.75) is 50.6 Å². The molecule has 25 heavy (non-hydrogen) atoms. The van der Waals surface area contributed by atoms with Crippen LogP contribution in [-0.4, -0.2) is 38.6 Å². The number of hydrogen-bond acceptors (Lipinski definition) is 4. The summed E-state index contributed by atoms with van der Waals surface area (Å²) < 4.78 is 1.85. The predicted molar refractivity (Wildman–Crippen MR) is 95.3 cm³/mol. The van der Waals surface area contributed by atoms with Gasteiger partial charge in [-0.3, -0.25) is 5.32 Å². The zero-order valence-corrected chi connectivity index (χ0v) is 14.3. The summed E-state index contributed by atoms with van der Waals surface area (Å²) in [6.07, 6.45) is 8.17. The van der Waals surface area contributed by atoms with Gasteiger partial charge in [0.15, 0.2) is 0 Å². The van der Waals surface area contributed by atoms with Crippen molar-refractivity contribution < 1.29 is 9.90 Å². The molecule has 0 aliphatic heterocycles. The van der Waals surface area contributed by atoms with Crippen LogP contribution in [-0.2, 0) is 6.42 Å². The zero-order chi connectivity index (χ0) is 17.5. The van der Waals surface area contributed by atoms with E-state index in [1.807, 2.05) is 35.0 Å². The van der Waals surface area contributed by atoms with E-state index in [9.17, 15) is 9.90 Å². The van der Waals surface area contributed by atoms with Crippen molar-refractivity contribution in [1.82, 2.24) is 20.1 Å². The Hall–Kier alpha value is -2.41. The number of benzene rings is 1. The summed E-state index contributed by atoms with van der Waals surface area (Å²) >= 11 is 0. The largest absolute Gasteiger partial charge is 0.394 e. The van der Waals surface area contributed by atoms with Gasteiger partial charge in [0.1, 0.15) is 6.33 Å². The van der Waals surface area contributed by atoms with Crippen LogP contribution in [0.3, 0.4) is 0 Å². The molecule has 3 rings (SSSR count). The van der Waals surface area contributed by atoms with E-state index in [2.05, 4.69) is 20.7 Å². The van der Waals surface area contributed by atoms with Crippen LogP contribution < -0.4 is 10.6 Å². The van der Waals surface area contributed by atoms with Crippen LogP contribution in [0.4, 0.5) is 10.7 Å². The lowest BCUT2D eigenvalue weighted by Crippen LogP contribution is -2.41. The van der Waals surface area contributed by atoms with Crippen LogP contribution in [0.1, 0.15) is 43.7 Å². The Balaban J connectivity index is 1.52. The fourth-order valence-corrected chi connectivity index (χ4v) is 3.24. The maximum atomic E-state index is 12.1. The molecule has 2 aromatic rings. The number of rotatable bonds is 6. The van der Waals surface area contributed by atoms with Gasteiger partial charge in [-0.2, -0.15) is 0 Å². The minimum Gasteiger partial charge on any atom is -0.394 e. The predicted octanol–water partition coefficient (Wildman–Crippen LogP) is 2.51. The SMILES string of the molecule is O=C(Nc1ncn(C2CCCCC2)n1)N[C@H](CO)Cc1ccccc1. The van der Waals surface area contributed by atoms with Crippen molar-refractivity contribution in [2.24, 2.45) is 0 Å². The highest BCUT2D eigenvalue weighted by atomic mass is 16.3. The minimum absolute atomic E-state index is 0.133. The number of urea groups is 1. The van der Waals surface area contributed by atoms with E-state index in [1.165, 1.54) is 19.3 Å². The third-order valence-electron chi connectivity index (χ3n) is 4.56. The third kappa shape index (κ3) is 5.03. The second-order valence-corrected chi connectivity index (χ2v) is 6.51. The van der Waals surface area contributed by atoms with Gasteiger partial charge in [-0.15, -0.1) is 5.10 Å². The molecular formula is C18H25N5O2. The molecule has 1 aliphatic rings. The number of aliphatic hydroxyl groups excluding tert-OH is 1. The second kappa shape index (κ2) is 8.62. The van der Waals surface area contributed by atoms with Crippen molar-refractivity contribution in [3.63, 3.8) is 0 Å². The fraction of sp³-hybridized carbons (Fsp3) is 0.500. The van der Waals surface area contributed by atoms with Crippen molar-refractivity contribution in [2.75, 3.05) is 11.9 Å². The van der Waals surface area contributed by atoms with Gasteiger partial charge in [-0.05, 0) is 24.8 Å². The van der Waals surface area contributed by atoms with Crippen LogP contribution in [0.2, 0.25) is 0 Å². The van der Waals surface area contributed by atoms with Crippen LogP contribution in [0, 0.1) is 0 Å². The Morgan fingerprint density at radius 1 is 1.24 bits per heavy atom. The first kappa shape index (κ1) is 17.4. The fourth-order valence-electron chi connectivity index (χ4n) is 3.24. The lowest BCUT2D eigenvalue weighted by molar-refractivity contribution is 0.224. The Morgan fingerprint density at radius 2 is 2.00 bits per heavy atom. The highest BCUT2D eigenvalue weighted by molar-refractivity contribution is 5.87. The van der Waals surface area contributed by atoms with Crippen LogP contribution in [0.15, 0.2) is 36.7 Å². The molecule has 0 radical (unpaired) electrons. The molecule has 1 saturated carbocycles. The summed E-state index contributed by atoms with van der Waals surface area (Å²) in [7, 11) is 0. The number of aliphatic hydroxyl groups is 1. The maximum absolute atomic E-state index is 12.1. The van der Waals surface area contributed by atoms with E-state index in [1.54, 1.807) is 6.33 Å². The molecule has 1 heterocycles. The van der Waals surface area contributed by atoms with Gasteiger partial charge in [0.2, 0.25) is 5.95 Å². The summed E-state index contributed by atoms with van der Waals surface area (Å²) in [5.74, 6) is 0.291. The topological polar surface area (TPSA) is 92.1 Å². The van der Waals surface area contributed by atoms with Gasteiger partial charge in [0.05, 0.1) is 18.7 Å². The van der Waals surface area contributed by atoms with E-state index in [-0.39, 0.29) is 12.6 Å². The molecule has 0 unspecified atom stereocenters. The smallest absolute Gasteiger partial charge is 0.321 e. The molecule has 1 fully saturated rings. The molecule has 3 N–H and O–H groups in total. The molecule has 0 bridgehead atoms. The van der Waals surface area contributed by atoms with Crippen molar-refractivity contribution in [3.05, 3.63) is 42.2 Å². The van der Waals surface area contributed by atoms with E-state index in [4.69, 9.17) is 0 Å². The molecule has 134 valence electrons. The van der Waals surface area contributed by atoms with E-state index < -0.39 is 6.03 Å². The molecule has 2 amide bonds. The van der Waals surface area contributed by atoms with Gasteiger partial charge in [-0.1, -0.05) is 49.6 Å². The molecule has 0 spiro atoms. The van der Waals surface area contributed by atoms with Gasteiger partial charge >= 0.3 is 6.03 Å². The van der Waals surface area contributed by atoms with E-state index in [0.29, 0.717) is 18.4 Å². The first-order valence-electron chi connectivity index (χ1n) is 8.88.